The number of carbonyl (C=O) groups is 3. The lowest BCUT2D eigenvalue weighted by molar-refractivity contribution is -0.135. The Hall–Kier alpha value is -2.74. The van der Waals surface area contributed by atoms with Crippen LogP contribution in [0.3, 0.4) is 0 Å². The topological polar surface area (TPSA) is 71.4 Å². The van der Waals surface area contributed by atoms with E-state index in [2.05, 4.69) is 5.32 Å². The average Bonchev–Trinajstić information content (AvgIpc) is 3.12. The highest BCUT2D eigenvalue weighted by molar-refractivity contribution is 6.30. The van der Waals surface area contributed by atoms with E-state index < -0.39 is 48.6 Å². The van der Waals surface area contributed by atoms with E-state index >= 15 is 0 Å². The summed E-state index contributed by atoms with van der Waals surface area (Å²) in [5.41, 5.74) is 1.29. The van der Waals surface area contributed by atoms with Gasteiger partial charge in [0.2, 0.25) is 5.92 Å². The van der Waals surface area contributed by atoms with Crippen LogP contribution in [0.1, 0.15) is 47.4 Å². The first-order chi connectivity index (χ1) is 14.5. The number of benzene rings is 1. The van der Waals surface area contributed by atoms with Crippen molar-refractivity contribution >= 4 is 29.3 Å². The van der Waals surface area contributed by atoms with E-state index in [0.29, 0.717) is 16.3 Å². The zero-order chi connectivity index (χ0) is 22.6. The summed E-state index contributed by atoms with van der Waals surface area (Å²) in [6, 6.07) is 8.18. The van der Waals surface area contributed by atoms with Gasteiger partial charge in [0.25, 0.3) is 5.91 Å². The second-order valence-electron chi connectivity index (χ2n) is 8.28. The van der Waals surface area contributed by atoms with Gasteiger partial charge in [-0.1, -0.05) is 17.7 Å². The molecule has 1 saturated heterocycles. The molecule has 1 aliphatic carbocycles. The fourth-order valence-electron chi connectivity index (χ4n) is 4.49. The van der Waals surface area contributed by atoms with Gasteiger partial charge in [-0.3, -0.25) is 14.5 Å². The predicted octanol–water partition coefficient (Wildman–Crippen LogP) is 4.43. The number of carbonyl (C=O) groups excluding carboxylic acids is 3. The van der Waals surface area contributed by atoms with Crippen molar-refractivity contribution in [3.63, 3.8) is 0 Å². The molecule has 9 heteroatoms. The van der Waals surface area contributed by atoms with Crippen molar-refractivity contribution in [1.82, 2.24) is 14.8 Å². The lowest BCUT2D eigenvalue weighted by atomic mass is 9.80. The highest BCUT2D eigenvalue weighted by Crippen LogP contribution is 2.41. The van der Waals surface area contributed by atoms with E-state index in [1.54, 1.807) is 31.2 Å². The van der Waals surface area contributed by atoms with Crippen LogP contribution in [0.15, 0.2) is 30.3 Å². The molecule has 0 radical (unpaired) electrons. The largest absolute Gasteiger partial charge is 0.325 e. The Morgan fingerprint density at radius 1 is 1.13 bits per heavy atom. The molecule has 6 nitrogen and oxygen atoms in total. The third kappa shape index (κ3) is 3.73. The van der Waals surface area contributed by atoms with E-state index in [1.807, 2.05) is 17.6 Å². The van der Waals surface area contributed by atoms with Gasteiger partial charge in [0.05, 0.1) is 6.54 Å². The van der Waals surface area contributed by atoms with Gasteiger partial charge in [0.1, 0.15) is 5.54 Å². The second kappa shape index (κ2) is 7.44. The van der Waals surface area contributed by atoms with Crippen molar-refractivity contribution < 1.29 is 23.2 Å². The summed E-state index contributed by atoms with van der Waals surface area (Å²) in [5, 5.41) is 3.12. The van der Waals surface area contributed by atoms with E-state index in [-0.39, 0.29) is 12.8 Å². The third-order valence-corrected chi connectivity index (χ3v) is 6.42. The van der Waals surface area contributed by atoms with E-state index in [1.165, 1.54) is 0 Å². The van der Waals surface area contributed by atoms with Crippen LogP contribution in [0.5, 0.6) is 0 Å². The summed E-state index contributed by atoms with van der Waals surface area (Å²) < 4.78 is 29.0. The van der Waals surface area contributed by atoms with Crippen molar-refractivity contribution in [3.05, 3.63) is 52.3 Å². The van der Waals surface area contributed by atoms with Gasteiger partial charge >= 0.3 is 6.03 Å². The Morgan fingerprint density at radius 3 is 2.45 bits per heavy atom. The molecule has 0 unspecified atom stereocenters. The summed E-state index contributed by atoms with van der Waals surface area (Å²) in [6.07, 6.45) is -1.22. The van der Waals surface area contributed by atoms with E-state index in [4.69, 9.17) is 11.6 Å². The van der Waals surface area contributed by atoms with Crippen molar-refractivity contribution in [3.8, 4) is 5.69 Å². The number of halogens is 3. The predicted molar refractivity (Wildman–Crippen MR) is 111 cm³/mol. The molecule has 164 valence electrons. The Bertz CT molecular complexity index is 1090. The molecule has 2 fully saturated rings. The number of ketones is 1. The molecule has 2 heterocycles. The first-order valence-corrected chi connectivity index (χ1v) is 10.4. The number of amides is 3. The summed E-state index contributed by atoms with van der Waals surface area (Å²) in [6.45, 7) is 3.18. The number of imide groups is 1. The molecule has 4 rings (SSSR count). The molecule has 1 aromatic carbocycles. The van der Waals surface area contributed by atoms with Crippen molar-refractivity contribution in [2.24, 2.45) is 0 Å². The summed E-state index contributed by atoms with van der Waals surface area (Å²) in [5.74, 6) is -3.84. The second-order valence-corrected chi connectivity index (χ2v) is 8.72. The summed E-state index contributed by atoms with van der Waals surface area (Å²) in [4.78, 5) is 39.2. The van der Waals surface area contributed by atoms with Crippen LogP contribution in [0.4, 0.5) is 13.6 Å². The number of rotatable bonds is 4. The van der Waals surface area contributed by atoms with Gasteiger partial charge < -0.3 is 9.88 Å². The van der Waals surface area contributed by atoms with Crippen LogP contribution in [0.2, 0.25) is 5.02 Å². The van der Waals surface area contributed by atoms with Gasteiger partial charge in [-0.15, -0.1) is 0 Å². The maximum Gasteiger partial charge on any atom is 0.325 e. The van der Waals surface area contributed by atoms with Crippen LogP contribution in [-0.2, 0) is 4.79 Å². The van der Waals surface area contributed by atoms with Crippen molar-refractivity contribution in [2.75, 3.05) is 6.54 Å². The fraction of sp³-hybridized carbons (Fsp3) is 0.409. The van der Waals surface area contributed by atoms with E-state index in [0.717, 1.165) is 16.3 Å². The average molecular weight is 450 g/mol. The minimum absolute atomic E-state index is 0.140. The van der Waals surface area contributed by atoms with Gasteiger partial charge in [-0.2, -0.15) is 0 Å². The van der Waals surface area contributed by atoms with Gasteiger partial charge in [0, 0.05) is 40.5 Å². The fourth-order valence-corrected chi connectivity index (χ4v) is 4.67. The Labute approximate surface area is 183 Å². The molecule has 2 aliphatic rings. The molecule has 1 N–H and O–H groups in total. The Balaban J connectivity index is 1.56. The van der Waals surface area contributed by atoms with Crippen LogP contribution < -0.4 is 5.32 Å². The van der Waals surface area contributed by atoms with Crippen molar-refractivity contribution in [2.45, 2.75) is 51.0 Å². The lowest BCUT2D eigenvalue weighted by Crippen LogP contribution is -2.51. The first-order valence-electron chi connectivity index (χ1n) is 10.0. The Kier molecular flexibility index (Phi) is 5.16. The number of hydrogen-bond donors (Lipinski definition) is 1. The van der Waals surface area contributed by atoms with Crippen LogP contribution >= 0.6 is 11.6 Å². The minimum atomic E-state index is -2.84. The molecule has 2 aromatic rings. The van der Waals surface area contributed by atoms with Gasteiger partial charge in [0.15, 0.2) is 5.78 Å². The quantitative estimate of drug-likeness (QED) is 0.554. The number of Topliss-reactive ketones (excluding diaryl/α,β-unsaturated/α-hetero) is 1. The number of alkyl halides is 2. The number of aromatic nitrogens is 1. The molecular formula is C22H22ClF2N3O3. The maximum absolute atomic E-state index is 13.5. The molecule has 3 amide bonds. The van der Waals surface area contributed by atoms with Crippen LogP contribution in [-0.4, -0.2) is 45.2 Å². The number of aryl methyl sites for hydroxylation is 1. The Morgan fingerprint density at radius 2 is 1.81 bits per heavy atom. The monoisotopic (exact) mass is 449 g/mol. The minimum Gasteiger partial charge on any atom is -0.323 e. The normalized spacial score (nSPS) is 19.7. The molecule has 1 aromatic heterocycles. The first kappa shape index (κ1) is 21.5. The summed E-state index contributed by atoms with van der Waals surface area (Å²) >= 11 is 6.09. The van der Waals surface area contributed by atoms with Crippen LogP contribution in [0.25, 0.3) is 5.69 Å². The molecule has 1 aliphatic heterocycles. The molecule has 1 spiro atoms. The van der Waals surface area contributed by atoms with Gasteiger partial charge in [-0.25, -0.2) is 13.6 Å². The highest BCUT2D eigenvalue weighted by Gasteiger charge is 2.55. The molecule has 31 heavy (non-hydrogen) atoms. The van der Waals surface area contributed by atoms with Crippen LogP contribution in [0, 0.1) is 13.8 Å². The number of urea groups is 1. The number of nitrogens with one attached hydrogen (secondary N) is 1. The maximum atomic E-state index is 13.5. The number of hydrogen-bond acceptors (Lipinski definition) is 3. The smallest absolute Gasteiger partial charge is 0.323 e. The standard InChI is InChI=1S/C22H22ClF2N3O3/c1-13-10-17(14(2)28(13)16-5-3-4-15(23)11-16)18(29)12-27-19(30)21(26-20(27)31)6-8-22(24,25)9-7-21/h3-5,10-11H,6-9,12H2,1-2H3,(H,26,31). The molecule has 0 atom stereocenters. The van der Waals surface area contributed by atoms with Gasteiger partial charge in [-0.05, 0) is 51.0 Å². The third-order valence-electron chi connectivity index (χ3n) is 6.18. The van der Waals surface area contributed by atoms with E-state index in [9.17, 15) is 23.2 Å². The highest BCUT2D eigenvalue weighted by atomic mass is 35.5. The van der Waals surface area contributed by atoms with Crippen molar-refractivity contribution in [1.29, 1.82) is 0 Å². The SMILES string of the molecule is Cc1cc(C(=O)CN2C(=O)NC3(CCC(F)(F)CC3)C2=O)c(C)n1-c1cccc(Cl)c1. The lowest BCUT2D eigenvalue weighted by Gasteiger charge is -2.34. The molecular weight excluding hydrogens is 428 g/mol. The molecule has 0 bridgehead atoms. The zero-order valence-electron chi connectivity index (χ0n) is 17.2. The zero-order valence-corrected chi connectivity index (χ0v) is 17.9. The number of nitrogens with zero attached hydrogens (tertiary/aromatic N) is 2. The molecule has 1 saturated carbocycles. The summed E-state index contributed by atoms with van der Waals surface area (Å²) in [7, 11) is 0.